The number of fused-ring (bicyclic) bond motifs is 1. The summed E-state index contributed by atoms with van der Waals surface area (Å²) in [6.07, 6.45) is 2.46. The van der Waals surface area contributed by atoms with Gasteiger partial charge in [-0.25, -0.2) is 0 Å². The van der Waals surface area contributed by atoms with Crippen molar-refractivity contribution < 1.29 is 10.2 Å². The molecule has 0 aliphatic rings. The summed E-state index contributed by atoms with van der Waals surface area (Å²) in [6, 6.07) is 2.76. The van der Waals surface area contributed by atoms with Crippen LogP contribution >= 0.6 is 0 Å². The highest BCUT2D eigenvalue weighted by Gasteiger charge is 2.10. The van der Waals surface area contributed by atoms with E-state index < -0.39 is 0 Å². The minimum atomic E-state index is -0.259. The van der Waals surface area contributed by atoms with Gasteiger partial charge in [0.1, 0.15) is 0 Å². The zero-order valence-electron chi connectivity index (χ0n) is 9.90. The minimum Gasteiger partial charge on any atom is -0.504 e. The molecule has 1 aromatic carbocycles. The molecular weight excluding hydrogens is 218 g/mol. The molecule has 90 valence electrons. The van der Waals surface area contributed by atoms with E-state index in [2.05, 4.69) is 0 Å². The van der Waals surface area contributed by atoms with E-state index in [0.717, 1.165) is 0 Å². The number of phenolic OH excluding ortho intramolecular Hbond substituents is 2. The maximum atomic E-state index is 12.1. The summed E-state index contributed by atoms with van der Waals surface area (Å²) in [5.41, 5.74) is 1.27. The minimum absolute atomic E-state index is 0.0810. The number of aryl methyl sites for hydroxylation is 2. The van der Waals surface area contributed by atoms with E-state index in [-0.39, 0.29) is 16.9 Å². The Morgan fingerprint density at radius 3 is 2.41 bits per heavy atom. The lowest BCUT2D eigenvalue weighted by atomic mass is 10.1. The summed E-state index contributed by atoms with van der Waals surface area (Å²) in [4.78, 5) is 12.1. The van der Waals surface area contributed by atoms with Gasteiger partial charge in [0.05, 0.1) is 5.52 Å². The van der Waals surface area contributed by atoms with Crippen LogP contribution in [0.25, 0.3) is 10.9 Å². The fourth-order valence-corrected chi connectivity index (χ4v) is 1.99. The second kappa shape index (κ2) is 4.13. The van der Waals surface area contributed by atoms with Crippen molar-refractivity contribution in [3.05, 3.63) is 34.1 Å². The second-order valence-electron chi connectivity index (χ2n) is 3.98. The number of pyridine rings is 1. The third kappa shape index (κ3) is 1.75. The third-order valence-electron chi connectivity index (χ3n) is 2.97. The van der Waals surface area contributed by atoms with Crippen molar-refractivity contribution >= 4 is 10.9 Å². The lowest BCUT2D eigenvalue weighted by molar-refractivity contribution is 0.404. The fraction of sp³-hybridized carbons (Fsp3) is 0.308. The summed E-state index contributed by atoms with van der Waals surface area (Å²) in [5.74, 6) is -0.464. The van der Waals surface area contributed by atoms with Gasteiger partial charge in [-0.15, -0.1) is 0 Å². The van der Waals surface area contributed by atoms with Crippen molar-refractivity contribution in [1.29, 1.82) is 0 Å². The summed E-state index contributed by atoms with van der Waals surface area (Å²) < 4.78 is 1.90. The van der Waals surface area contributed by atoms with Gasteiger partial charge in [-0.1, -0.05) is 6.92 Å². The van der Waals surface area contributed by atoms with Crippen LogP contribution in [-0.2, 0) is 13.0 Å². The molecule has 2 rings (SSSR count). The van der Waals surface area contributed by atoms with Crippen molar-refractivity contribution in [2.45, 2.75) is 26.8 Å². The molecule has 1 aromatic heterocycles. The molecule has 0 fully saturated rings. The molecule has 2 aromatic rings. The molecule has 0 bridgehead atoms. The van der Waals surface area contributed by atoms with Gasteiger partial charge in [0.2, 0.25) is 0 Å². The monoisotopic (exact) mass is 233 g/mol. The average molecular weight is 233 g/mol. The van der Waals surface area contributed by atoms with E-state index in [1.54, 1.807) is 6.20 Å². The van der Waals surface area contributed by atoms with Crippen LogP contribution in [0.2, 0.25) is 0 Å². The molecule has 0 aliphatic carbocycles. The van der Waals surface area contributed by atoms with Crippen molar-refractivity contribution in [3.63, 3.8) is 0 Å². The normalized spacial score (nSPS) is 10.9. The number of phenols is 2. The van der Waals surface area contributed by atoms with E-state index in [1.807, 2.05) is 18.4 Å². The first-order valence-corrected chi connectivity index (χ1v) is 5.66. The quantitative estimate of drug-likeness (QED) is 0.780. The predicted octanol–water partition coefficient (Wildman–Crippen LogP) is 1.99. The maximum absolute atomic E-state index is 12.1. The van der Waals surface area contributed by atoms with Crippen molar-refractivity contribution in [1.82, 2.24) is 4.57 Å². The van der Waals surface area contributed by atoms with Crippen LogP contribution in [0.15, 0.2) is 23.1 Å². The summed E-state index contributed by atoms with van der Waals surface area (Å²) in [7, 11) is 0. The van der Waals surface area contributed by atoms with E-state index >= 15 is 0 Å². The molecule has 4 heteroatoms. The molecule has 0 unspecified atom stereocenters. The van der Waals surface area contributed by atoms with E-state index in [0.29, 0.717) is 29.4 Å². The van der Waals surface area contributed by atoms with Crippen molar-refractivity contribution in [3.8, 4) is 11.5 Å². The predicted molar refractivity (Wildman–Crippen MR) is 66.6 cm³/mol. The smallest absolute Gasteiger partial charge is 0.192 e. The molecule has 0 radical (unpaired) electrons. The maximum Gasteiger partial charge on any atom is 0.192 e. The molecule has 0 aliphatic heterocycles. The van der Waals surface area contributed by atoms with Crippen LogP contribution in [0.5, 0.6) is 11.5 Å². The number of benzene rings is 1. The van der Waals surface area contributed by atoms with Gasteiger partial charge in [-0.3, -0.25) is 4.79 Å². The Kier molecular flexibility index (Phi) is 2.79. The van der Waals surface area contributed by atoms with E-state index in [1.165, 1.54) is 12.1 Å². The Hall–Kier alpha value is -1.97. The molecular formula is C13H15NO3. The van der Waals surface area contributed by atoms with Gasteiger partial charge in [0.15, 0.2) is 16.9 Å². The Morgan fingerprint density at radius 2 is 1.82 bits per heavy atom. The highest BCUT2D eigenvalue weighted by atomic mass is 16.3. The van der Waals surface area contributed by atoms with Crippen LogP contribution in [0.3, 0.4) is 0 Å². The average Bonchev–Trinajstić information content (AvgIpc) is 2.32. The standard InChI is InChI=1S/C13H15NO3/c1-3-8-7-14(4-2)10-6-12(16)11(15)5-9(10)13(8)17/h5-7,15-16H,3-4H2,1-2H3. The van der Waals surface area contributed by atoms with E-state index in [9.17, 15) is 15.0 Å². The fourth-order valence-electron chi connectivity index (χ4n) is 1.99. The highest BCUT2D eigenvalue weighted by molar-refractivity contribution is 5.83. The summed E-state index contributed by atoms with van der Waals surface area (Å²) in [5, 5.41) is 19.4. The van der Waals surface area contributed by atoms with Gasteiger partial charge in [0.25, 0.3) is 0 Å². The molecule has 0 saturated heterocycles. The number of aromatic hydroxyl groups is 2. The number of aromatic nitrogens is 1. The molecule has 2 N–H and O–H groups in total. The lowest BCUT2D eigenvalue weighted by Crippen LogP contribution is -2.13. The van der Waals surface area contributed by atoms with Crippen molar-refractivity contribution in [2.75, 3.05) is 0 Å². The molecule has 1 heterocycles. The van der Waals surface area contributed by atoms with Gasteiger partial charge in [-0.2, -0.15) is 0 Å². The summed E-state index contributed by atoms with van der Waals surface area (Å²) in [6.45, 7) is 4.59. The molecule has 0 saturated carbocycles. The Labute approximate surface area is 98.8 Å². The first-order valence-electron chi connectivity index (χ1n) is 5.66. The first kappa shape index (κ1) is 11.5. The zero-order valence-corrected chi connectivity index (χ0v) is 9.90. The van der Waals surface area contributed by atoms with Crippen LogP contribution in [0.1, 0.15) is 19.4 Å². The molecule has 0 spiro atoms. The van der Waals surface area contributed by atoms with Crippen LogP contribution in [-0.4, -0.2) is 14.8 Å². The number of hydrogen-bond donors (Lipinski definition) is 2. The third-order valence-corrected chi connectivity index (χ3v) is 2.97. The molecule has 0 atom stereocenters. The van der Waals surface area contributed by atoms with Gasteiger partial charge in [-0.05, 0) is 19.4 Å². The highest BCUT2D eigenvalue weighted by Crippen LogP contribution is 2.28. The Morgan fingerprint density at radius 1 is 1.18 bits per heavy atom. The van der Waals surface area contributed by atoms with Crippen LogP contribution < -0.4 is 5.43 Å². The lowest BCUT2D eigenvalue weighted by Gasteiger charge is -2.11. The molecule has 17 heavy (non-hydrogen) atoms. The number of hydrogen-bond acceptors (Lipinski definition) is 3. The largest absolute Gasteiger partial charge is 0.504 e. The summed E-state index contributed by atoms with van der Waals surface area (Å²) >= 11 is 0. The zero-order chi connectivity index (χ0) is 12.6. The SMILES string of the molecule is CCc1cn(CC)c2cc(O)c(O)cc2c1=O. The van der Waals surface area contributed by atoms with Gasteiger partial charge >= 0.3 is 0 Å². The topological polar surface area (TPSA) is 62.5 Å². The number of rotatable bonds is 2. The van der Waals surface area contributed by atoms with Gasteiger partial charge < -0.3 is 14.8 Å². The Balaban J connectivity index is 2.95. The Bertz CT molecular complexity index is 629. The number of nitrogens with zero attached hydrogens (tertiary/aromatic N) is 1. The molecule has 4 nitrogen and oxygen atoms in total. The van der Waals surface area contributed by atoms with Crippen LogP contribution in [0.4, 0.5) is 0 Å². The first-order chi connectivity index (χ1) is 8.08. The van der Waals surface area contributed by atoms with Crippen molar-refractivity contribution in [2.24, 2.45) is 0 Å². The van der Waals surface area contributed by atoms with Gasteiger partial charge in [0, 0.05) is 29.8 Å². The second-order valence-corrected chi connectivity index (χ2v) is 3.98. The molecule has 0 amide bonds. The van der Waals surface area contributed by atoms with Crippen LogP contribution in [0, 0.1) is 0 Å². The van der Waals surface area contributed by atoms with E-state index in [4.69, 9.17) is 0 Å².